The Kier molecular flexibility index (Phi) is 4.83. The van der Waals surface area contributed by atoms with Crippen LogP contribution in [0.2, 0.25) is 0 Å². The van der Waals surface area contributed by atoms with Crippen molar-refractivity contribution in [1.29, 1.82) is 0 Å². The molecule has 2 aliphatic heterocycles. The van der Waals surface area contributed by atoms with Crippen molar-refractivity contribution < 1.29 is 14.4 Å². The van der Waals surface area contributed by atoms with Crippen LogP contribution in [0.3, 0.4) is 0 Å². The van der Waals surface area contributed by atoms with E-state index in [1.807, 2.05) is 42.2 Å². The van der Waals surface area contributed by atoms with E-state index in [0.29, 0.717) is 12.8 Å². The van der Waals surface area contributed by atoms with Crippen molar-refractivity contribution in [1.82, 2.24) is 15.1 Å². The monoisotopic (exact) mass is 329 g/mol. The van der Waals surface area contributed by atoms with Crippen molar-refractivity contribution in [3.05, 3.63) is 35.9 Å². The second kappa shape index (κ2) is 7.03. The Balaban J connectivity index is 1.60. The Labute approximate surface area is 141 Å². The van der Waals surface area contributed by atoms with E-state index in [-0.39, 0.29) is 23.9 Å². The molecule has 3 rings (SSSR count). The second-order valence-electron chi connectivity index (χ2n) is 6.42. The highest BCUT2D eigenvalue weighted by Gasteiger charge is 2.41. The van der Waals surface area contributed by atoms with Crippen LogP contribution in [0, 0.1) is 0 Å². The molecule has 0 spiro atoms. The molecule has 2 heterocycles. The van der Waals surface area contributed by atoms with Gasteiger partial charge in [0.1, 0.15) is 6.04 Å². The van der Waals surface area contributed by atoms with Crippen LogP contribution < -0.4 is 5.32 Å². The Morgan fingerprint density at radius 3 is 2.54 bits per heavy atom. The summed E-state index contributed by atoms with van der Waals surface area (Å²) in [6.45, 7) is 3.45. The maximum atomic E-state index is 12.6. The van der Waals surface area contributed by atoms with Gasteiger partial charge in [-0.3, -0.25) is 14.5 Å². The summed E-state index contributed by atoms with van der Waals surface area (Å²) in [6.07, 6.45) is 2.75. The largest absolute Gasteiger partial charge is 0.343 e. The van der Waals surface area contributed by atoms with E-state index in [0.717, 1.165) is 31.5 Å². The van der Waals surface area contributed by atoms with E-state index in [9.17, 15) is 14.4 Å². The lowest BCUT2D eigenvalue weighted by atomic mass is 10.1. The van der Waals surface area contributed by atoms with Crippen LogP contribution in [0.5, 0.6) is 0 Å². The predicted molar refractivity (Wildman–Crippen MR) is 89.1 cm³/mol. The van der Waals surface area contributed by atoms with Crippen molar-refractivity contribution in [2.75, 3.05) is 13.1 Å². The van der Waals surface area contributed by atoms with Gasteiger partial charge in [-0.05, 0) is 31.7 Å². The molecule has 2 fully saturated rings. The molecule has 1 N–H and O–H groups in total. The average molecular weight is 329 g/mol. The van der Waals surface area contributed by atoms with Gasteiger partial charge in [0, 0.05) is 19.5 Å². The number of carbonyl (C=O) groups excluding carboxylic acids is 3. The second-order valence-corrected chi connectivity index (χ2v) is 6.42. The summed E-state index contributed by atoms with van der Waals surface area (Å²) in [5.74, 6) is -0.172. The Morgan fingerprint density at radius 1 is 1.21 bits per heavy atom. The lowest BCUT2D eigenvalue weighted by molar-refractivity contribution is -0.131. The molecule has 6 nitrogen and oxygen atoms in total. The molecule has 1 aromatic carbocycles. The quantitative estimate of drug-likeness (QED) is 0.841. The summed E-state index contributed by atoms with van der Waals surface area (Å²) < 4.78 is 0. The first-order chi connectivity index (χ1) is 11.6. The predicted octanol–water partition coefficient (Wildman–Crippen LogP) is 2.07. The first-order valence-electron chi connectivity index (χ1n) is 8.54. The van der Waals surface area contributed by atoms with Gasteiger partial charge in [0.25, 0.3) is 5.91 Å². The molecule has 6 heteroatoms. The molecule has 0 radical (unpaired) electrons. The van der Waals surface area contributed by atoms with Crippen LogP contribution >= 0.6 is 0 Å². The van der Waals surface area contributed by atoms with E-state index in [2.05, 4.69) is 5.32 Å². The van der Waals surface area contributed by atoms with Gasteiger partial charge in [-0.2, -0.15) is 0 Å². The van der Waals surface area contributed by atoms with Crippen LogP contribution in [0.1, 0.15) is 44.2 Å². The van der Waals surface area contributed by atoms with Gasteiger partial charge in [-0.1, -0.05) is 30.3 Å². The van der Waals surface area contributed by atoms with Crippen molar-refractivity contribution in [3.63, 3.8) is 0 Å². The van der Waals surface area contributed by atoms with Crippen LogP contribution in [0.25, 0.3) is 0 Å². The topological polar surface area (TPSA) is 69.7 Å². The minimum Gasteiger partial charge on any atom is -0.343 e. The summed E-state index contributed by atoms with van der Waals surface area (Å²) >= 11 is 0. The normalized spacial score (nSPS) is 22.0. The first kappa shape index (κ1) is 16.5. The number of rotatable bonds is 5. The smallest absolute Gasteiger partial charge is 0.325 e. The van der Waals surface area contributed by atoms with E-state index in [4.69, 9.17) is 0 Å². The molecular formula is C18H23N3O3. The first-order valence-corrected chi connectivity index (χ1v) is 8.54. The molecule has 2 unspecified atom stereocenters. The molecule has 2 saturated heterocycles. The third-order valence-corrected chi connectivity index (χ3v) is 4.83. The molecule has 24 heavy (non-hydrogen) atoms. The number of nitrogens with one attached hydrogen (secondary N) is 1. The molecule has 1 aromatic rings. The zero-order valence-corrected chi connectivity index (χ0v) is 13.9. The number of imide groups is 1. The number of nitrogens with zero attached hydrogens (tertiary/aromatic N) is 2. The number of amides is 4. The molecule has 0 saturated carbocycles. The van der Waals surface area contributed by atoms with E-state index in [1.54, 1.807) is 0 Å². The lowest BCUT2D eigenvalue weighted by Gasteiger charge is -2.22. The third-order valence-electron chi connectivity index (χ3n) is 4.83. The fraction of sp³-hybridized carbons (Fsp3) is 0.500. The Bertz CT molecular complexity index is 626. The Hall–Kier alpha value is -2.37. The van der Waals surface area contributed by atoms with E-state index < -0.39 is 6.04 Å². The van der Waals surface area contributed by atoms with Crippen LogP contribution in [-0.2, 0) is 9.59 Å². The van der Waals surface area contributed by atoms with Gasteiger partial charge in [0.15, 0.2) is 0 Å². The summed E-state index contributed by atoms with van der Waals surface area (Å²) in [5, 5.41) is 2.72. The number of carbonyl (C=O) groups is 3. The van der Waals surface area contributed by atoms with Crippen molar-refractivity contribution in [2.45, 2.75) is 44.7 Å². The van der Waals surface area contributed by atoms with Gasteiger partial charge in [0.2, 0.25) is 5.91 Å². The number of hydrogen-bond donors (Lipinski definition) is 1. The highest BCUT2D eigenvalue weighted by atomic mass is 16.2. The van der Waals surface area contributed by atoms with Crippen LogP contribution in [0.15, 0.2) is 30.3 Å². The molecule has 2 aliphatic rings. The Morgan fingerprint density at radius 2 is 1.88 bits per heavy atom. The van der Waals surface area contributed by atoms with Crippen molar-refractivity contribution >= 4 is 17.8 Å². The molecule has 4 amide bonds. The zero-order valence-electron chi connectivity index (χ0n) is 13.9. The summed E-state index contributed by atoms with van der Waals surface area (Å²) in [6, 6.07) is 8.16. The van der Waals surface area contributed by atoms with Gasteiger partial charge in [0.05, 0.1) is 6.04 Å². The summed E-state index contributed by atoms with van der Waals surface area (Å²) in [5.41, 5.74) is 0.912. The van der Waals surface area contributed by atoms with Gasteiger partial charge in [-0.25, -0.2) is 4.79 Å². The number of benzene rings is 1. The van der Waals surface area contributed by atoms with Crippen LogP contribution in [0.4, 0.5) is 4.79 Å². The summed E-state index contributed by atoms with van der Waals surface area (Å²) in [7, 11) is 0. The van der Waals surface area contributed by atoms with Crippen molar-refractivity contribution in [3.8, 4) is 0 Å². The SMILES string of the molecule is CC(c1ccccc1)N1C(=O)NC(CCC(=O)N2CCCC2)C1=O. The molecular weight excluding hydrogens is 306 g/mol. The zero-order chi connectivity index (χ0) is 17.1. The maximum absolute atomic E-state index is 12.6. The minimum absolute atomic E-state index is 0.0732. The van der Waals surface area contributed by atoms with Crippen LogP contribution in [-0.4, -0.2) is 46.8 Å². The van der Waals surface area contributed by atoms with Gasteiger partial charge < -0.3 is 10.2 Å². The fourth-order valence-corrected chi connectivity index (χ4v) is 3.38. The fourth-order valence-electron chi connectivity index (χ4n) is 3.38. The summed E-state index contributed by atoms with van der Waals surface area (Å²) in [4.78, 5) is 40.0. The number of urea groups is 1. The van der Waals surface area contributed by atoms with Gasteiger partial charge >= 0.3 is 6.03 Å². The average Bonchev–Trinajstić information content (AvgIpc) is 3.22. The molecule has 128 valence electrons. The van der Waals surface area contributed by atoms with E-state index in [1.165, 1.54) is 4.90 Å². The molecule has 0 bridgehead atoms. The van der Waals surface area contributed by atoms with E-state index >= 15 is 0 Å². The third kappa shape index (κ3) is 3.27. The molecule has 0 aromatic heterocycles. The molecule has 2 atom stereocenters. The van der Waals surface area contributed by atoms with Crippen molar-refractivity contribution in [2.24, 2.45) is 0 Å². The highest BCUT2D eigenvalue weighted by Crippen LogP contribution is 2.25. The van der Waals surface area contributed by atoms with Gasteiger partial charge in [-0.15, -0.1) is 0 Å². The maximum Gasteiger partial charge on any atom is 0.325 e. The molecule has 0 aliphatic carbocycles. The lowest BCUT2D eigenvalue weighted by Crippen LogP contribution is -2.34. The standard InChI is InChI=1S/C18H23N3O3/c1-13(14-7-3-2-4-8-14)21-17(23)15(19-18(21)24)9-10-16(22)20-11-5-6-12-20/h2-4,7-8,13,15H,5-6,9-12H2,1H3,(H,19,24). The minimum atomic E-state index is -0.602. The number of hydrogen-bond acceptors (Lipinski definition) is 3. The highest BCUT2D eigenvalue weighted by molar-refractivity contribution is 6.04. The number of likely N-dealkylation sites (tertiary alicyclic amines) is 1.